The molecule has 2 unspecified atom stereocenters. The second-order valence-electron chi connectivity index (χ2n) is 4.72. The molecule has 0 aliphatic heterocycles. The molecule has 1 aliphatic carbocycles. The van der Waals surface area contributed by atoms with Gasteiger partial charge in [-0.25, -0.2) is 0 Å². The quantitative estimate of drug-likeness (QED) is 0.876. The molecule has 0 saturated heterocycles. The number of hydrogen-bond acceptors (Lipinski definition) is 3. The van der Waals surface area contributed by atoms with Crippen LogP contribution in [0.5, 0.6) is 0 Å². The van der Waals surface area contributed by atoms with Crippen LogP contribution < -0.4 is 5.73 Å². The fourth-order valence-corrected chi connectivity index (χ4v) is 3.87. The Balaban J connectivity index is 2.49. The van der Waals surface area contributed by atoms with E-state index in [1.807, 2.05) is 18.7 Å². The first-order valence-electron chi connectivity index (χ1n) is 6.01. The third kappa shape index (κ3) is 1.83. The number of nitrogens with two attached hydrogens (primary N) is 1. The summed E-state index contributed by atoms with van der Waals surface area (Å²) >= 11 is 1.92. The molecule has 0 spiro atoms. The van der Waals surface area contributed by atoms with Gasteiger partial charge in [0.15, 0.2) is 0 Å². The first-order chi connectivity index (χ1) is 8.11. The lowest BCUT2D eigenvalue weighted by Gasteiger charge is -2.23. The molecule has 1 aromatic heterocycles. The summed E-state index contributed by atoms with van der Waals surface area (Å²) in [6, 6.07) is 2.69. The first kappa shape index (κ1) is 12.4. The van der Waals surface area contributed by atoms with Gasteiger partial charge in [0.25, 0.3) is 0 Å². The van der Waals surface area contributed by atoms with Gasteiger partial charge < -0.3 is 10.3 Å². The molecule has 92 valence electrons. The van der Waals surface area contributed by atoms with Crippen molar-refractivity contribution in [2.24, 2.45) is 0 Å². The third-order valence-corrected chi connectivity index (χ3v) is 5.11. The SMILES string of the molecule is CSC1CCCC1n1c(C)c(C)c(C#N)c1N. The smallest absolute Gasteiger partial charge is 0.122 e. The molecule has 1 aromatic rings. The van der Waals surface area contributed by atoms with E-state index in [-0.39, 0.29) is 0 Å². The van der Waals surface area contributed by atoms with E-state index in [2.05, 4.69) is 23.8 Å². The maximum Gasteiger partial charge on any atom is 0.122 e. The van der Waals surface area contributed by atoms with Crippen LogP contribution in [0, 0.1) is 25.2 Å². The summed E-state index contributed by atoms with van der Waals surface area (Å²) in [5.74, 6) is 0.661. The van der Waals surface area contributed by atoms with Crippen molar-refractivity contribution in [1.82, 2.24) is 4.57 Å². The Morgan fingerprint density at radius 2 is 2.12 bits per heavy atom. The Morgan fingerprint density at radius 1 is 1.41 bits per heavy atom. The van der Waals surface area contributed by atoms with Crippen LogP contribution in [0.2, 0.25) is 0 Å². The van der Waals surface area contributed by atoms with Crippen molar-refractivity contribution in [3.63, 3.8) is 0 Å². The van der Waals surface area contributed by atoms with E-state index in [1.165, 1.54) is 19.3 Å². The van der Waals surface area contributed by atoms with Gasteiger partial charge in [-0.15, -0.1) is 0 Å². The lowest BCUT2D eigenvalue weighted by molar-refractivity contribution is 0.526. The van der Waals surface area contributed by atoms with Gasteiger partial charge in [-0.2, -0.15) is 17.0 Å². The number of hydrogen-bond donors (Lipinski definition) is 1. The Morgan fingerprint density at radius 3 is 2.65 bits per heavy atom. The highest BCUT2D eigenvalue weighted by molar-refractivity contribution is 7.99. The van der Waals surface area contributed by atoms with Gasteiger partial charge in [-0.1, -0.05) is 6.42 Å². The van der Waals surface area contributed by atoms with Crippen LogP contribution in [0.25, 0.3) is 0 Å². The Kier molecular flexibility index (Phi) is 3.39. The van der Waals surface area contributed by atoms with E-state index < -0.39 is 0 Å². The number of rotatable bonds is 2. The molecule has 2 rings (SSSR count). The summed E-state index contributed by atoms with van der Waals surface area (Å²) in [7, 11) is 0. The minimum Gasteiger partial charge on any atom is -0.384 e. The normalized spacial score (nSPS) is 23.9. The lowest BCUT2D eigenvalue weighted by Crippen LogP contribution is -2.18. The van der Waals surface area contributed by atoms with Gasteiger partial charge >= 0.3 is 0 Å². The van der Waals surface area contributed by atoms with Crippen molar-refractivity contribution < 1.29 is 0 Å². The van der Waals surface area contributed by atoms with E-state index in [0.717, 1.165) is 11.3 Å². The van der Waals surface area contributed by atoms with E-state index in [1.54, 1.807) is 0 Å². The largest absolute Gasteiger partial charge is 0.384 e. The van der Waals surface area contributed by atoms with Gasteiger partial charge in [0, 0.05) is 17.0 Å². The molecule has 2 atom stereocenters. The predicted octanol–water partition coefficient (Wildman–Crippen LogP) is 3.02. The predicted molar refractivity (Wildman–Crippen MR) is 73.2 cm³/mol. The van der Waals surface area contributed by atoms with Gasteiger partial charge in [0.2, 0.25) is 0 Å². The van der Waals surface area contributed by atoms with E-state index >= 15 is 0 Å². The summed E-state index contributed by atoms with van der Waals surface area (Å²) in [5.41, 5.74) is 9.00. The highest BCUT2D eigenvalue weighted by atomic mass is 32.2. The maximum absolute atomic E-state index is 9.15. The molecule has 1 saturated carbocycles. The molecule has 1 heterocycles. The molecule has 3 nitrogen and oxygen atoms in total. The second kappa shape index (κ2) is 4.66. The molecule has 1 fully saturated rings. The van der Waals surface area contributed by atoms with Gasteiger partial charge in [0.1, 0.15) is 11.9 Å². The molecule has 1 aliphatic rings. The van der Waals surface area contributed by atoms with Crippen LogP contribution in [-0.2, 0) is 0 Å². The molecular formula is C13H19N3S. The molecule has 17 heavy (non-hydrogen) atoms. The van der Waals surface area contributed by atoms with Crippen molar-refractivity contribution >= 4 is 17.6 Å². The van der Waals surface area contributed by atoms with Crippen molar-refractivity contribution in [3.8, 4) is 6.07 Å². The average molecular weight is 249 g/mol. The van der Waals surface area contributed by atoms with Crippen molar-refractivity contribution in [2.45, 2.75) is 44.4 Å². The Labute approximate surface area is 107 Å². The number of thioether (sulfide) groups is 1. The van der Waals surface area contributed by atoms with Crippen LogP contribution in [0.1, 0.15) is 42.1 Å². The number of nitrogens with zero attached hydrogens (tertiary/aromatic N) is 2. The van der Waals surface area contributed by atoms with Crippen LogP contribution >= 0.6 is 11.8 Å². The summed E-state index contributed by atoms with van der Waals surface area (Å²) in [4.78, 5) is 0. The lowest BCUT2D eigenvalue weighted by atomic mass is 10.2. The summed E-state index contributed by atoms with van der Waals surface area (Å²) < 4.78 is 2.20. The zero-order valence-electron chi connectivity index (χ0n) is 10.7. The Hall–Kier alpha value is -1.08. The number of nitrogen functional groups attached to an aromatic ring is 1. The fourth-order valence-electron chi connectivity index (χ4n) is 2.90. The average Bonchev–Trinajstić information content (AvgIpc) is 2.84. The molecule has 2 N–H and O–H groups in total. The first-order valence-corrected chi connectivity index (χ1v) is 7.30. The van der Waals surface area contributed by atoms with E-state index in [9.17, 15) is 0 Å². The van der Waals surface area contributed by atoms with E-state index in [4.69, 9.17) is 11.0 Å². The van der Waals surface area contributed by atoms with E-state index in [0.29, 0.717) is 22.7 Å². The molecule has 0 radical (unpaired) electrons. The fraction of sp³-hybridized carbons (Fsp3) is 0.615. The second-order valence-corrected chi connectivity index (χ2v) is 5.80. The van der Waals surface area contributed by atoms with Crippen LogP contribution in [0.3, 0.4) is 0 Å². The minimum absolute atomic E-state index is 0.464. The zero-order valence-corrected chi connectivity index (χ0v) is 11.5. The monoisotopic (exact) mass is 249 g/mol. The highest BCUT2D eigenvalue weighted by Crippen LogP contribution is 2.41. The number of nitriles is 1. The summed E-state index contributed by atoms with van der Waals surface area (Å²) in [6.07, 6.45) is 5.85. The van der Waals surface area contributed by atoms with Crippen molar-refractivity contribution in [2.75, 3.05) is 12.0 Å². The minimum atomic E-state index is 0.464. The van der Waals surface area contributed by atoms with Gasteiger partial charge in [0.05, 0.1) is 5.56 Å². The van der Waals surface area contributed by atoms with Crippen LogP contribution in [0.15, 0.2) is 0 Å². The molecule has 4 heteroatoms. The topological polar surface area (TPSA) is 54.7 Å². The number of aromatic nitrogens is 1. The summed E-state index contributed by atoms with van der Waals surface area (Å²) in [6.45, 7) is 4.06. The van der Waals surface area contributed by atoms with Crippen molar-refractivity contribution in [1.29, 1.82) is 5.26 Å². The standard InChI is InChI=1S/C13H19N3S/c1-8-9(2)16(13(15)10(8)7-14)11-5-4-6-12(11)17-3/h11-12H,4-6,15H2,1-3H3. The van der Waals surface area contributed by atoms with Crippen LogP contribution in [-0.4, -0.2) is 16.1 Å². The molecule has 0 amide bonds. The Bertz CT molecular complexity index is 470. The molecular weight excluding hydrogens is 230 g/mol. The van der Waals surface area contributed by atoms with Crippen molar-refractivity contribution in [3.05, 3.63) is 16.8 Å². The van der Waals surface area contributed by atoms with Gasteiger partial charge in [-0.3, -0.25) is 0 Å². The molecule has 0 aromatic carbocycles. The zero-order chi connectivity index (χ0) is 12.6. The number of anilines is 1. The summed E-state index contributed by atoms with van der Waals surface area (Å²) in [5, 5.41) is 9.79. The maximum atomic E-state index is 9.15. The van der Waals surface area contributed by atoms with Gasteiger partial charge in [-0.05, 0) is 38.5 Å². The van der Waals surface area contributed by atoms with Crippen LogP contribution in [0.4, 0.5) is 5.82 Å². The highest BCUT2D eigenvalue weighted by Gasteiger charge is 2.31. The third-order valence-electron chi connectivity index (χ3n) is 3.96. The molecule has 0 bridgehead atoms.